The average Bonchev–Trinajstić information content (AvgIpc) is 3.24. The molecule has 152 valence electrons. The van der Waals surface area contributed by atoms with Gasteiger partial charge in [0.2, 0.25) is 5.91 Å². The fourth-order valence-corrected chi connectivity index (χ4v) is 4.13. The summed E-state index contributed by atoms with van der Waals surface area (Å²) in [6.45, 7) is 1.45. The minimum atomic E-state index is -1.14. The molecule has 0 radical (unpaired) electrons. The van der Waals surface area contributed by atoms with Crippen LogP contribution in [0.15, 0.2) is 41.8 Å². The number of aliphatic hydroxyl groups excluding tert-OH is 2. The standard InChI is InChI=1S/C18H20N6O4S/c1-9(25)23-10-2-4-11(5-3-10)29-6-12-14(26)15(27)18(28-12)24-8-22-13-16(19)20-7-21-17(13)24/h2-5,7-8,12,14-15,18,26-27H,6H2,1H3,(H,23,25)(H2,19,20,21)/t12-,14-,15-,18-/m1/s1. The summed E-state index contributed by atoms with van der Waals surface area (Å²) in [6.07, 6.45) is -0.860. The van der Waals surface area contributed by atoms with Crippen LogP contribution in [0.25, 0.3) is 11.2 Å². The summed E-state index contributed by atoms with van der Waals surface area (Å²) in [4.78, 5) is 24.3. The smallest absolute Gasteiger partial charge is 0.221 e. The first-order chi connectivity index (χ1) is 13.9. The van der Waals surface area contributed by atoms with Crippen LogP contribution < -0.4 is 11.1 Å². The van der Waals surface area contributed by atoms with E-state index in [-0.39, 0.29) is 11.7 Å². The number of rotatable bonds is 5. The van der Waals surface area contributed by atoms with Gasteiger partial charge in [0.25, 0.3) is 0 Å². The van der Waals surface area contributed by atoms with Crippen molar-refractivity contribution in [2.45, 2.75) is 36.4 Å². The van der Waals surface area contributed by atoms with E-state index in [2.05, 4.69) is 20.3 Å². The SMILES string of the molecule is CC(=O)Nc1ccc(SC[C@H]2O[C@@H](n3cnc4c(N)ncnc43)[C@H](O)[C@@H]2O)cc1. The largest absolute Gasteiger partial charge is 0.387 e. The van der Waals surface area contributed by atoms with Crippen LogP contribution in [0, 0.1) is 0 Å². The molecule has 1 amide bonds. The van der Waals surface area contributed by atoms with Crippen LogP contribution in [0.4, 0.5) is 11.5 Å². The zero-order chi connectivity index (χ0) is 20.5. The first-order valence-corrected chi connectivity index (χ1v) is 9.87. The molecule has 10 nitrogen and oxygen atoms in total. The molecule has 1 saturated heterocycles. The van der Waals surface area contributed by atoms with Gasteiger partial charge in [-0.3, -0.25) is 9.36 Å². The summed E-state index contributed by atoms with van der Waals surface area (Å²) in [5.41, 5.74) is 7.35. The summed E-state index contributed by atoms with van der Waals surface area (Å²) in [5, 5.41) is 23.7. The monoisotopic (exact) mass is 416 g/mol. The minimum absolute atomic E-state index is 0.132. The third-order valence-corrected chi connectivity index (χ3v) is 5.69. The highest BCUT2D eigenvalue weighted by Crippen LogP contribution is 2.34. The number of hydrogen-bond donors (Lipinski definition) is 4. The first kappa shape index (κ1) is 19.6. The number of thioether (sulfide) groups is 1. The molecule has 5 N–H and O–H groups in total. The molecule has 1 aliphatic heterocycles. The Labute approximate surface area is 170 Å². The second kappa shape index (κ2) is 7.95. The van der Waals surface area contributed by atoms with Gasteiger partial charge in [0.15, 0.2) is 17.7 Å². The fraction of sp³-hybridized carbons (Fsp3) is 0.333. The number of nitrogens with one attached hydrogen (secondary N) is 1. The van der Waals surface area contributed by atoms with Gasteiger partial charge in [0, 0.05) is 23.3 Å². The fourth-order valence-electron chi connectivity index (χ4n) is 3.17. The van der Waals surface area contributed by atoms with Gasteiger partial charge in [-0.05, 0) is 24.3 Å². The molecule has 4 rings (SSSR count). The van der Waals surface area contributed by atoms with Crippen molar-refractivity contribution in [3.8, 4) is 0 Å². The van der Waals surface area contributed by atoms with Crippen molar-refractivity contribution in [3.05, 3.63) is 36.9 Å². The second-order valence-corrected chi connectivity index (χ2v) is 7.74. The Bertz CT molecular complexity index is 1030. The summed E-state index contributed by atoms with van der Waals surface area (Å²) in [5.74, 6) is 0.529. The van der Waals surface area contributed by atoms with E-state index in [1.165, 1.54) is 31.3 Å². The Morgan fingerprint density at radius 3 is 2.72 bits per heavy atom. The lowest BCUT2D eigenvalue weighted by atomic mass is 10.1. The molecule has 3 heterocycles. The van der Waals surface area contributed by atoms with Crippen LogP contribution in [0.1, 0.15) is 13.2 Å². The highest BCUT2D eigenvalue weighted by molar-refractivity contribution is 7.99. The quantitative estimate of drug-likeness (QED) is 0.443. The van der Waals surface area contributed by atoms with E-state index in [9.17, 15) is 15.0 Å². The number of imidazole rings is 1. The molecule has 0 spiro atoms. The number of amides is 1. The number of nitrogens with two attached hydrogens (primary N) is 1. The van der Waals surface area contributed by atoms with Crippen LogP contribution in [0.3, 0.4) is 0 Å². The van der Waals surface area contributed by atoms with Gasteiger partial charge in [0.1, 0.15) is 24.1 Å². The maximum Gasteiger partial charge on any atom is 0.221 e. The van der Waals surface area contributed by atoms with E-state index < -0.39 is 24.5 Å². The number of carbonyl (C=O) groups is 1. The predicted octanol–water partition coefficient (Wildman–Crippen LogP) is 0.778. The van der Waals surface area contributed by atoms with Crippen molar-refractivity contribution in [3.63, 3.8) is 0 Å². The van der Waals surface area contributed by atoms with Crippen molar-refractivity contribution in [1.29, 1.82) is 0 Å². The van der Waals surface area contributed by atoms with Crippen LogP contribution in [0.2, 0.25) is 0 Å². The molecule has 1 aliphatic rings. The molecule has 0 aliphatic carbocycles. The highest BCUT2D eigenvalue weighted by atomic mass is 32.2. The topological polar surface area (TPSA) is 148 Å². The number of fused-ring (bicyclic) bond motifs is 1. The number of benzene rings is 1. The highest BCUT2D eigenvalue weighted by Gasteiger charge is 2.44. The summed E-state index contributed by atoms with van der Waals surface area (Å²) >= 11 is 1.48. The number of nitrogen functional groups attached to an aromatic ring is 1. The number of ether oxygens (including phenoxy) is 1. The second-order valence-electron chi connectivity index (χ2n) is 6.65. The molecular formula is C18H20N6O4S. The number of anilines is 2. The molecule has 1 fully saturated rings. The summed E-state index contributed by atoms with van der Waals surface area (Å²) < 4.78 is 7.47. The third-order valence-electron chi connectivity index (χ3n) is 4.59. The van der Waals surface area contributed by atoms with Crippen LogP contribution >= 0.6 is 11.8 Å². The number of nitrogens with zero attached hydrogens (tertiary/aromatic N) is 4. The molecule has 0 saturated carbocycles. The number of aliphatic hydroxyl groups is 2. The molecular weight excluding hydrogens is 396 g/mol. The average molecular weight is 416 g/mol. The molecule has 0 bridgehead atoms. The maximum absolute atomic E-state index is 11.1. The van der Waals surface area contributed by atoms with E-state index in [1.807, 2.05) is 12.1 Å². The Morgan fingerprint density at radius 1 is 1.24 bits per heavy atom. The molecule has 29 heavy (non-hydrogen) atoms. The van der Waals surface area contributed by atoms with Gasteiger partial charge in [-0.2, -0.15) is 0 Å². The lowest BCUT2D eigenvalue weighted by Gasteiger charge is -2.16. The Kier molecular flexibility index (Phi) is 5.37. The van der Waals surface area contributed by atoms with Crippen molar-refractivity contribution >= 4 is 40.3 Å². The van der Waals surface area contributed by atoms with Crippen LogP contribution in [0.5, 0.6) is 0 Å². The van der Waals surface area contributed by atoms with Gasteiger partial charge in [-0.25, -0.2) is 15.0 Å². The first-order valence-electron chi connectivity index (χ1n) is 8.89. The van der Waals surface area contributed by atoms with Gasteiger partial charge in [-0.15, -0.1) is 11.8 Å². The number of hydrogen-bond acceptors (Lipinski definition) is 9. The Balaban J connectivity index is 1.44. The molecule has 3 aromatic rings. The molecule has 2 aromatic heterocycles. The van der Waals surface area contributed by atoms with Crippen molar-refractivity contribution < 1.29 is 19.7 Å². The van der Waals surface area contributed by atoms with Crippen LogP contribution in [-0.4, -0.2) is 59.7 Å². The number of carbonyl (C=O) groups excluding carboxylic acids is 1. The molecule has 1 aromatic carbocycles. The number of aromatic nitrogens is 4. The van der Waals surface area contributed by atoms with E-state index in [1.54, 1.807) is 16.7 Å². The van der Waals surface area contributed by atoms with E-state index in [0.717, 1.165) is 4.90 Å². The molecule has 11 heteroatoms. The lowest BCUT2D eigenvalue weighted by Crippen LogP contribution is -2.32. The maximum atomic E-state index is 11.1. The van der Waals surface area contributed by atoms with E-state index in [4.69, 9.17) is 10.5 Å². The lowest BCUT2D eigenvalue weighted by molar-refractivity contribution is -0.114. The van der Waals surface area contributed by atoms with Gasteiger partial charge in [-0.1, -0.05) is 0 Å². The van der Waals surface area contributed by atoms with Gasteiger partial charge in [0.05, 0.1) is 12.4 Å². The predicted molar refractivity (Wildman–Crippen MR) is 107 cm³/mol. The van der Waals surface area contributed by atoms with Crippen LogP contribution in [-0.2, 0) is 9.53 Å². The molecule has 4 atom stereocenters. The minimum Gasteiger partial charge on any atom is -0.387 e. The van der Waals surface area contributed by atoms with Crippen molar-refractivity contribution in [2.75, 3.05) is 16.8 Å². The van der Waals surface area contributed by atoms with E-state index >= 15 is 0 Å². The Morgan fingerprint density at radius 2 is 2.00 bits per heavy atom. The van der Waals surface area contributed by atoms with Crippen molar-refractivity contribution in [1.82, 2.24) is 19.5 Å². The summed E-state index contributed by atoms with van der Waals surface area (Å²) in [6, 6.07) is 7.34. The molecule has 0 unspecified atom stereocenters. The zero-order valence-corrected chi connectivity index (χ0v) is 16.3. The summed E-state index contributed by atoms with van der Waals surface area (Å²) in [7, 11) is 0. The van der Waals surface area contributed by atoms with Crippen molar-refractivity contribution in [2.24, 2.45) is 0 Å². The Hall–Kier alpha value is -2.73. The van der Waals surface area contributed by atoms with E-state index in [0.29, 0.717) is 22.6 Å². The van der Waals surface area contributed by atoms with Gasteiger partial charge < -0.3 is 26.0 Å². The zero-order valence-electron chi connectivity index (χ0n) is 15.5. The third kappa shape index (κ3) is 3.90. The normalized spacial score (nSPS) is 24.1. The van der Waals surface area contributed by atoms with Gasteiger partial charge >= 0.3 is 0 Å².